The van der Waals surface area contributed by atoms with Crippen molar-refractivity contribution in [2.75, 3.05) is 7.11 Å². The zero-order valence-corrected chi connectivity index (χ0v) is 11.0. The molecule has 0 saturated heterocycles. The van der Waals surface area contributed by atoms with Gasteiger partial charge >= 0.3 is 11.9 Å². The van der Waals surface area contributed by atoms with Crippen LogP contribution < -0.4 is 5.73 Å². The topological polar surface area (TPSA) is 94.6 Å². The number of esters is 1. The number of ether oxygens (including phenoxy) is 1. The first kappa shape index (κ1) is 14.2. The van der Waals surface area contributed by atoms with Crippen LogP contribution in [0.2, 0.25) is 0 Å². The smallest absolute Gasteiger partial charge is 0.340 e. The van der Waals surface area contributed by atoms with Crippen LogP contribution in [0.25, 0.3) is 0 Å². The summed E-state index contributed by atoms with van der Waals surface area (Å²) in [4.78, 5) is 22.5. The van der Waals surface area contributed by atoms with Gasteiger partial charge in [-0.05, 0) is 13.8 Å². The summed E-state index contributed by atoms with van der Waals surface area (Å²) in [7, 11) is 3.09. The maximum absolute atomic E-state index is 11.8. The van der Waals surface area contributed by atoms with E-state index in [0.29, 0.717) is 11.1 Å². The van der Waals surface area contributed by atoms with Gasteiger partial charge in [-0.25, -0.2) is 4.79 Å². The highest BCUT2D eigenvalue weighted by Gasteiger charge is 2.27. The van der Waals surface area contributed by atoms with Crippen molar-refractivity contribution in [1.82, 2.24) is 4.57 Å². The number of methoxy groups -OCH3 is 1. The second kappa shape index (κ2) is 5.22. The molecular weight excluding hydrogens is 236 g/mol. The third-order valence-corrected chi connectivity index (χ3v) is 3.18. The first-order valence-corrected chi connectivity index (χ1v) is 5.52. The first-order valence-electron chi connectivity index (χ1n) is 5.52. The Morgan fingerprint density at radius 1 is 1.39 bits per heavy atom. The first-order chi connectivity index (χ1) is 8.31. The molecule has 6 heteroatoms. The highest BCUT2D eigenvalue weighted by Crippen LogP contribution is 2.28. The molecule has 1 aromatic heterocycles. The van der Waals surface area contributed by atoms with Crippen molar-refractivity contribution in [1.29, 1.82) is 0 Å². The van der Waals surface area contributed by atoms with Crippen LogP contribution in [0.15, 0.2) is 0 Å². The van der Waals surface area contributed by atoms with E-state index in [1.807, 2.05) is 4.57 Å². The van der Waals surface area contributed by atoms with Crippen LogP contribution in [0.1, 0.15) is 39.8 Å². The molecule has 0 aromatic carbocycles. The summed E-state index contributed by atoms with van der Waals surface area (Å²) in [6.45, 7) is 3.58. The molecule has 0 aliphatic rings. The normalized spacial score (nSPS) is 12.3. The predicted octanol–water partition coefficient (Wildman–Crippen LogP) is 0.903. The highest BCUT2D eigenvalue weighted by molar-refractivity contribution is 5.93. The van der Waals surface area contributed by atoms with Crippen LogP contribution in [0.3, 0.4) is 0 Å². The van der Waals surface area contributed by atoms with Crippen molar-refractivity contribution in [2.24, 2.45) is 12.8 Å². The largest absolute Gasteiger partial charge is 0.481 e. The molecular formula is C12H18N2O4. The molecule has 0 amide bonds. The number of carboxylic acid groups (broad SMARTS) is 1. The molecule has 0 bridgehead atoms. The molecule has 1 heterocycles. The molecule has 0 fully saturated rings. The molecule has 0 saturated carbocycles. The van der Waals surface area contributed by atoms with Gasteiger partial charge in [0.1, 0.15) is 0 Å². The molecule has 6 nitrogen and oxygen atoms in total. The van der Waals surface area contributed by atoms with Crippen molar-refractivity contribution in [2.45, 2.75) is 26.3 Å². The van der Waals surface area contributed by atoms with E-state index in [-0.39, 0.29) is 6.42 Å². The molecule has 100 valence electrons. The van der Waals surface area contributed by atoms with Crippen molar-refractivity contribution in [3.05, 3.63) is 22.5 Å². The van der Waals surface area contributed by atoms with Gasteiger partial charge in [0, 0.05) is 30.0 Å². The summed E-state index contributed by atoms with van der Waals surface area (Å²) in [5.74, 6) is -1.49. The van der Waals surface area contributed by atoms with Gasteiger partial charge < -0.3 is 20.1 Å². The van der Waals surface area contributed by atoms with Crippen molar-refractivity contribution < 1.29 is 19.4 Å². The van der Waals surface area contributed by atoms with E-state index in [4.69, 9.17) is 15.6 Å². The van der Waals surface area contributed by atoms with Gasteiger partial charge in [0.25, 0.3) is 0 Å². The molecule has 1 atom stereocenters. The van der Waals surface area contributed by atoms with E-state index in [1.54, 1.807) is 20.9 Å². The van der Waals surface area contributed by atoms with Crippen LogP contribution in [0.5, 0.6) is 0 Å². The maximum atomic E-state index is 11.8. The Balaban J connectivity index is 3.37. The van der Waals surface area contributed by atoms with Crippen LogP contribution in [0.4, 0.5) is 0 Å². The number of hydrogen-bond donors (Lipinski definition) is 2. The summed E-state index contributed by atoms with van der Waals surface area (Å²) in [6.07, 6.45) is -0.228. The summed E-state index contributed by atoms with van der Waals surface area (Å²) in [5, 5.41) is 8.80. The quantitative estimate of drug-likeness (QED) is 0.778. The predicted molar refractivity (Wildman–Crippen MR) is 65.4 cm³/mol. The Kier molecular flexibility index (Phi) is 4.13. The molecule has 1 rings (SSSR count). The zero-order chi connectivity index (χ0) is 14.0. The standard InChI is InChI=1S/C12H18N2O4/c1-6-10(8(13)5-9(15)16)11(12(17)18-4)7(2)14(6)3/h8H,5,13H2,1-4H3,(H,15,16). The fourth-order valence-corrected chi connectivity index (χ4v) is 2.08. The SMILES string of the molecule is COC(=O)c1c(C(N)CC(=O)O)c(C)n(C)c1C. The molecule has 18 heavy (non-hydrogen) atoms. The molecule has 0 aliphatic carbocycles. The van der Waals surface area contributed by atoms with Gasteiger partial charge in [0.05, 0.1) is 19.1 Å². The number of carbonyl (C=O) groups is 2. The number of carbonyl (C=O) groups excluding carboxylic acids is 1. The van der Waals surface area contributed by atoms with Gasteiger partial charge in [-0.1, -0.05) is 0 Å². The summed E-state index contributed by atoms with van der Waals surface area (Å²) in [5.41, 5.74) is 8.28. The molecule has 1 unspecified atom stereocenters. The zero-order valence-electron chi connectivity index (χ0n) is 11.0. The Bertz CT molecular complexity index is 491. The third-order valence-electron chi connectivity index (χ3n) is 3.18. The average molecular weight is 254 g/mol. The monoisotopic (exact) mass is 254 g/mol. The van der Waals surface area contributed by atoms with E-state index in [0.717, 1.165) is 11.4 Å². The highest BCUT2D eigenvalue weighted by atomic mass is 16.5. The number of nitrogens with zero attached hydrogens (tertiary/aromatic N) is 1. The number of nitrogens with two attached hydrogens (primary N) is 1. The van der Waals surface area contributed by atoms with E-state index in [1.165, 1.54) is 7.11 Å². The van der Waals surface area contributed by atoms with Gasteiger partial charge in [0.15, 0.2) is 0 Å². The Morgan fingerprint density at radius 2 is 1.94 bits per heavy atom. The van der Waals surface area contributed by atoms with Crippen LogP contribution in [-0.4, -0.2) is 28.7 Å². The molecule has 0 radical (unpaired) electrons. The minimum atomic E-state index is -1.00. The fraction of sp³-hybridized carbons (Fsp3) is 0.500. The number of aromatic nitrogens is 1. The van der Waals surface area contributed by atoms with Gasteiger partial charge in [-0.2, -0.15) is 0 Å². The van der Waals surface area contributed by atoms with Crippen LogP contribution in [0, 0.1) is 13.8 Å². The van der Waals surface area contributed by atoms with E-state index < -0.39 is 18.0 Å². The molecule has 1 aromatic rings. The van der Waals surface area contributed by atoms with Crippen LogP contribution >= 0.6 is 0 Å². The summed E-state index contributed by atoms with van der Waals surface area (Å²) < 4.78 is 6.53. The maximum Gasteiger partial charge on any atom is 0.340 e. The number of hydrogen-bond acceptors (Lipinski definition) is 4. The second-order valence-electron chi connectivity index (χ2n) is 4.21. The lowest BCUT2D eigenvalue weighted by atomic mass is 9.99. The molecule has 0 aliphatic heterocycles. The minimum absolute atomic E-state index is 0.228. The number of aliphatic carboxylic acids is 1. The Labute approximate surface area is 105 Å². The summed E-state index contributed by atoms with van der Waals surface area (Å²) in [6, 6.07) is -0.725. The lowest BCUT2D eigenvalue weighted by Gasteiger charge is -2.11. The molecule has 0 spiro atoms. The van der Waals surface area contributed by atoms with E-state index in [9.17, 15) is 9.59 Å². The van der Waals surface area contributed by atoms with Gasteiger partial charge in [-0.15, -0.1) is 0 Å². The van der Waals surface area contributed by atoms with Crippen molar-refractivity contribution in [3.63, 3.8) is 0 Å². The lowest BCUT2D eigenvalue weighted by molar-refractivity contribution is -0.137. The number of carboxylic acids is 1. The fourth-order valence-electron chi connectivity index (χ4n) is 2.08. The van der Waals surface area contributed by atoms with E-state index >= 15 is 0 Å². The lowest BCUT2D eigenvalue weighted by Crippen LogP contribution is -2.19. The number of rotatable bonds is 4. The molecule has 3 N–H and O–H groups in total. The average Bonchev–Trinajstić information content (AvgIpc) is 2.51. The van der Waals surface area contributed by atoms with Gasteiger partial charge in [0.2, 0.25) is 0 Å². The Morgan fingerprint density at radius 3 is 2.39 bits per heavy atom. The van der Waals surface area contributed by atoms with Crippen LogP contribution in [-0.2, 0) is 16.6 Å². The summed E-state index contributed by atoms with van der Waals surface area (Å²) >= 11 is 0. The third kappa shape index (κ3) is 2.38. The second-order valence-corrected chi connectivity index (χ2v) is 4.21. The van der Waals surface area contributed by atoms with E-state index in [2.05, 4.69) is 0 Å². The van der Waals surface area contributed by atoms with Gasteiger partial charge in [-0.3, -0.25) is 4.79 Å². The minimum Gasteiger partial charge on any atom is -0.481 e. The van der Waals surface area contributed by atoms with Crippen molar-refractivity contribution in [3.8, 4) is 0 Å². The Hall–Kier alpha value is -1.82. The van der Waals surface area contributed by atoms with Crippen molar-refractivity contribution >= 4 is 11.9 Å².